The molecule has 0 bridgehead atoms. The van der Waals surface area contributed by atoms with Crippen LogP contribution in [0.5, 0.6) is 0 Å². The Hall–Kier alpha value is -1.10. The van der Waals surface area contributed by atoms with Crippen molar-refractivity contribution in [2.75, 3.05) is 6.61 Å². The average molecular weight is 221 g/mol. The van der Waals surface area contributed by atoms with E-state index in [1.54, 1.807) is 13.8 Å². The molecule has 1 aromatic rings. The van der Waals surface area contributed by atoms with Crippen LogP contribution in [0.3, 0.4) is 0 Å². The second-order valence-corrected chi connectivity index (χ2v) is 3.04. The number of aryl methyl sites for hydroxylation is 1. The summed E-state index contributed by atoms with van der Waals surface area (Å²) in [6, 6.07) is 0. The molecule has 0 radical (unpaired) electrons. The van der Waals surface area contributed by atoms with E-state index in [1.165, 1.54) is 6.20 Å². The SMILES string of the molecule is CCOC(=O)C(F)n1cc(Cl)c(C)n1. The van der Waals surface area contributed by atoms with Gasteiger partial charge in [-0.05, 0) is 13.8 Å². The number of rotatable bonds is 3. The zero-order chi connectivity index (χ0) is 10.7. The summed E-state index contributed by atoms with van der Waals surface area (Å²) in [6.45, 7) is 3.36. The summed E-state index contributed by atoms with van der Waals surface area (Å²) in [4.78, 5) is 11.0. The average Bonchev–Trinajstić information content (AvgIpc) is 2.46. The van der Waals surface area contributed by atoms with Crippen LogP contribution < -0.4 is 0 Å². The Kier molecular flexibility index (Phi) is 3.46. The van der Waals surface area contributed by atoms with E-state index in [-0.39, 0.29) is 6.61 Å². The largest absolute Gasteiger partial charge is 0.462 e. The normalized spacial score (nSPS) is 12.6. The third-order valence-electron chi connectivity index (χ3n) is 1.57. The molecule has 0 aromatic carbocycles. The Morgan fingerprint density at radius 2 is 2.50 bits per heavy atom. The van der Waals surface area contributed by atoms with Crippen LogP contribution in [0, 0.1) is 6.92 Å². The van der Waals surface area contributed by atoms with Crippen molar-refractivity contribution in [3.05, 3.63) is 16.9 Å². The van der Waals surface area contributed by atoms with Gasteiger partial charge < -0.3 is 4.74 Å². The maximum Gasteiger partial charge on any atom is 0.363 e. The first-order valence-corrected chi connectivity index (χ1v) is 4.46. The topological polar surface area (TPSA) is 44.1 Å². The number of ether oxygens (including phenoxy) is 1. The highest BCUT2D eigenvalue weighted by atomic mass is 35.5. The number of hydrogen-bond acceptors (Lipinski definition) is 3. The van der Waals surface area contributed by atoms with Gasteiger partial charge in [0, 0.05) is 6.20 Å². The van der Waals surface area contributed by atoms with Gasteiger partial charge in [0.1, 0.15) is 0 Å². The smallest absolute Gasteiger partial charge is 0.363 e. The molecule has 0 amide bonds. The molecule has 1 heterocycles. The lowest BCUT2D eigenvalue weighted by Gasteiger charge is -2.06. The van der Waals surface area contributed by atoms with Crippen molar-refractivity contribution in [1.29, 1.82) is 0 Å². The molecule has 0 aliphatic carbocycles. The molecule has 1 atom stereocenters. The van der Waals surface area contributed by atoms with E-state index in [9.17, 15) is 9.18 Å². The Bertz CT molecular complexity index is 321. The van der Waals surface area contributed by atoms with Crippen LogP contribution in [-0.4, -0.2) is 22.4 Å². The van der Waals surface area contributed by atoms with Gasteiger partial charge in [-0.15, -0.1) is 0 Å². The fourth-order valence-electron chi connectivity index (χ4n) is 0.895. The van der Waals surface area contributed by atoms with E-state index >= 15 is 0 Å². The van der Waals surface area contributed by atoms with Crippen LogP contribution in [0.2, 0.25) is 5.02 Å². The van der Waals surface area contributed by atoms with Crippen molar-refractivity contribution < 1.29 is 13.9 Å². The molecule has 0 fully saturated rings. The minimum atomic E-state index is -1.93. The first-order chi connectivity index (χ1) is 6.56. The summed E-state index contributed by atoms with van der Waals surface area (Å²) < 4.78 is 18.6. The zero-order valence-corrected chi connectivity index (χ0v) is 8.58. The molecule has 0 N–H and O–H groups in total. The molecule has 6 heteroatoms. The van der Waals surface area contributed by atoms with Crippen molar-refractivity contribution in [2.24, 2.45) is 0 Å². The van der Waals surface area contributed by atoms with E-state index in [4.69, 9.17) is 11.6 Å². The number of aromatic nitrogens is 2. The van der Waals surface area contributed by atoms with Gasteiger partial charge in [0.25, 0.3) is 6.30 Å². The molecule has 0 saturated carbocycles. The lowest BCUT2D eigenvalue weighted by molar-refractivity contribution is -0.153. The number of esters is 1. The molecule has 4 nitrogen and oxygen atoms in total. The Morgan fingerprint density at radius 3 is 2.93 bits per heavy atom. The number of alkyl halides is 1. The highest BCUT2D eigenvalue weighted by Crippen LogP contribution is 2.17. The Balaban J connectivity index is 2.78. The van der Waals surface area contributed by atoms with E-state index < -0.39 is 12.3 Å². The van der Waals surface area contributed by atoms with Crippen LogP contribution in [0.25, 0.3) is 0 Å². The molecule has 78 valence electrons. The predicted molar refractivity (Wildman–Crippen MR) is 48.8 cm³/mol. The van der Waals surface area contributed by atoms with Gasteiger partial charge >= 0.3 is 5.97 Å². The third kappa shape index (κ3) is 2.23. The molecular weight excluding hydrogens is 211 g/mol. The van der Waals surface area contributed by atoms with Crippen LogP contribution in [-0.2, 0) is 9.53 Å². The van der Waals surface area contributed by atoms with Gasteiger partial charge in [-0.2, -0.15) is 5.10 Å². The van der Waals surface area contributed by atoms with Crippen LogP contribution >= 0.6 is 11.6 Å². The molecule has 0 saturated heterocycles. The minimum absolute atomic E-state index is 0.132. The standard InChI is InChI=1S/C8H10ClFN2O2/c1-3-14-8(13)7(10)12-4-6(9)5(2)11-12/h4,7H,3H2,1-2H3. The van der Waals surface area contributed by atoms with Gasteiger partial charge in [0.05, 0.1) is 17.3 Å². The van der Waals surface area contributed by atoms with Crippen LogP contribution in [0.4, 0.5) is 4.39 Å². The summed E-state index contributed by atoms with van der Waals surface area (Å²) in [7, 11) is 0. The van der Waals surface area contributed by atoms with Crippen molar-refractivity contribution in [2.45, 2.75) is 20.1 Å². The Labute approximate surface area is 85.6 Å². The lowest BCUT2D eigenvalue weighted by atomic mass is 10.5. The molecular formula is C8H10ClFN2O2. The monoisotopic (exact) mass is 220 g/mol. The van der Waals surface area contributed by atoms with Crippen molar-refractivity contribution in [3.63, 3.8) is 0 Å². The highest BCUT2D eigenvalue weighted by molar-refractivity contribution is 6.31. The number of carbonyl (C=O) groups excluding carboxylic acids is 1. The molecule has 1 aromatic heterocycles. The van der Waals surface area contributed by atoms with Gasteiger partial charge in [-0.3, -0.25) is 0 Å². The summed E-state index contributed by atoms with van der Waals surface area (Å²) in [5.74, 6) is -0.966. The predicted octanol–water partition coefficient (Wildman–Crippen LogP) is 1.88. The molecule has 1 rings (SSSR count). The van der Waals surface area contributed by atoms with Crippen molar-refractivity contribution >= 4 is 17.6 Å². The minimum Gasteiger partial charge on any atom is -0.462 e. The third-order valence-corrected chi connectivity index (χ3v) is 1.94. The number of nitrogens with zero attached hydrogens (tertiary/aromatic N) is 2. The van der Waals surface area contributed by atoms with E-state index in [0.717, 1.165) is 4.68 Å². The summed E-state index contributed by atoms with van der Waals surface area (Å²) >= 11 is 5.65. The van der Waals surface area contributed by atoms with E-state index in [2.05, 4.69) is 9.84 Å². The fourth-order valence-corrected chi connectivity index (χ4v) is 1.03. The van der Waals surface area contributed by atoms with Crippen molar-refractivity contribution in [3.8, 4) is 0 Å². The first kappa shape index (κ1) is 11.0. The second-order valence-electron chi connectivity index (χ2n) is 2.63. The quantitative estimate of drug-likeness (QED) is 0.731. The second kappa shape index (κ2) is 4.41. The molecule has 0 aliphatic heterocycles. The van der Waals surface area contributed by atoms with Gasteiger partial charge in [-0.25, -0.2) is 13.9 Å². The molecule has 0 aliphatic rings. The first-order valence-electron chi connectivity index (χ1n) is 4.08. The van der Waals surface area contributed by atoms with E-state index in [0.29, 0.717) is 10.7 Å². The number of carbonyl (C=O) groups is 1. The highest BCUT2D eigenvalue weighted by Gasteiger charge is 2.22. The zero-order valence-electron chi connectivity index (χ0n) is 7.83. The molecule has 1 unspecified atom stereocenters. The number of hydrogen-bond donors (Lipinski definition) is 0. The van der Waals surface area contributed by atoms with Crippen molar-refractivity contribution in [1.82, 2.24) is 9.78 Å². The molecule has 14 heavy (non-hydrogen) atoms. The summed E-state index contributed by atoms with van der Waals surface area (Å²) in [5.41, 5.74) is 0.471. The van der Waals surface area contributed by atoms with Gasteiger partial charge in [0.2, 0.25) is 0 Å². The van der Waals surface area contributed by atoms with Crippen LogP contribution in [0.15, 0.2) is 6.20 Å². The molecule has 0 spiro atoms. The Morgan fingerprint density at radius 1 is 1.86 bits per heavy atom. The van der Waals surface area contributed by atoms with E-state index in [1.807, 2.05) is 0 Å². The van der Waals surface area contributed by atoms with Gasteiger partial charge in [0.15, 0.2) is 0 Å². The lowest BCUT2D eigenvalue weighted by Crippen LogP contribution is -2.18. The van der Waals surface area contributed by atoms with Gasteiger partial charge in [-0.1, -0.05) is 11.6 Å². The summed E-state index contributed by atoms with van der Waals surface area (Å²) in [5, 5.41) is 4.04. The van der Waals surface area contributed by atoms with Crippen LogP contribution in [0.1, 0.15) is 18.9 Å². The maximum atomic E-state index is 13.3. The fraction of sp³-hybridized carbons (Fsp3) is 0.500. The summed E-state index contributed by atoms with van der Waals surface area (Å²) in [6.07, 6.45) is -0.681. The number of halogens is 2. The maximum absolute atomic E-state index is 13.3.